The molecule has 3 aromatic rings. The normalized spacial score (nSPS) is 14.2. The van der Waals surface area contributed by atoms with Gasteiger partial charge in [-0.2, -0.15) is 5.10 Å². The lowest BCUT2D eigenvalue weighted by molar-refractivity contribution is -0.0637. The Labute approximate surface area is 193 Å². The maximum atomic E-state index is 7.03. The van der Waals surface area contributed by atoms with Crippen LogP contribution < -0.4 is 4.74 Å². The number of hydrogen-bond acceptors (Lipinski definition) is 4. The van der Waals surface area contributed by atoms with E-state index in [4.69, 9.17) is 9.16 Å². The van der Waals surface area contributed by atoms with E-state index in [0.29, 0.717) is 0 Å². The summed E-state index contributed by atoms with van der Waals surface area (Å²) in [4.78, 5) is 4.19. The zero-order chi connectivity index (χ0) is 23.2. The Bertz CT molecular complexity index is 925. The highest BCUT2D eigenvalue weighted by molar-refractivity contribution is 6.73. The Hall–Kier alpha value is -2.44. The van der Waals surface area contributed by atoms with E-state index in [1.54, 1.807) is 17.3 Å². The standard InChI is InChI=1S/C26H37N3O2Si/c1-7-32(8-2,9-3)31-24(26(4,5)6)25(29-20-27-19-28-29)30-23-17-15-22(16-18-23)21-13-11-10-12-14-21/h10-20,24-25H,7-9H2,1-6H3. The highest BCUT2D eigenvalue weighted by Gasteiger charge is 2.42. The summed E-state index contributed by atoms with van der Waals surface area (Å²) in [5.41, 5.74) is 2.21. The van der Waals surface area contributed by atoms with Gasteiger partial charge in [0, 0.05) is 0 Å². The second-order valence-corrected chi connectivity index (χ2v) is 14.1. The third-order valence-electron chi connectivity index (χ3n) is 6.34. The first-order valence-electron chi connectivity index (χ1n) is 11.7. The molecule has 1 heterocycles. The molecule has 32 heavy (non-hydrogen) atoms. The van der Waals surface area contributed by atoms with E-state index in [1.165, 1.54) is 5.56 Å². The number of benzene rings is 2. The minimum absolute atomic E-state index is 0.141. The zero-order valence-electron chi connectivity index (χ0n) is 20.3. The van der Waals surface area contributed by atoms with Crippen molar-refractivity contribution in [1.82, 2.24) is 14.8 Å². The molecule has 0 amide bonds. The quantitative estimate of drug-likeness (QED) is 0.313. The summed E-state index contributed by atoms with van der Waals surface area (Å²) in [6.07, 6.45) is 2.71. The van der Waals surface area contributed by atoms with Gasteiger partial charge in [-0.3, -0.25) is 0 Å². The minimum atomic E-state index is -1.88. The van der Waals surface area contributed by atoms with E-state index in [0.717, 1.165) is 29.4 Å². The Balaban J connectivity index is 1.93. The minimum Gasteiger partial charge on any atom is -0.466 e. The first kappa shape index (κ1) is 24.2. The summed E-state index contributed by atoms with van der Waals surface area (Å²) >= 11 is 0. The fourth-order valence-electron chi connectivity index (χ4n) is 4.03. The topological polar surface area (TPSA) is 49.2 Å². The van der Waals surface area contributed by atoms with Gasteiger partial charge in [0.15, 0.2) is 8.32 Å². The van der Waals surface area contributed by atoms with Gasteiger partial charge in [0.2, 0.25) is 6.23 Å². The zero-order valence-corrected chi connectivity index (χ0v) is 21.3. The molecule has 1 aromatic heterocycles. The van der Waals surface area contributed by atoms with Crippen LogP contribution in [0.4, 0.5) is 0 Å². The molecular formula is C26H37N3O2Si. The van der Waals surface area contributed by atoms with Crippen molar-refractivity contribution in [3.63, 3.8) is 0 Å². The molecule has 2 atom stereocenters. The third kappa shape index (κ3) is 5.67. The highest BCUT2D eigenvalue weighted by atomic mass is 28.4. The van der Waals surface area contributed by atoms with Crippen molar-refractivity contribution < 1.29 is 9.16 Å². The Morgan fingerprint density at radius 1 is 0.875 bits per heavy atom. The fraction of sp³-hybridized carbons (Fsp3) is 0.462. The molecule has 5 nitrogen and oxygen atoms in total. The molecule has 0 spiro atoms. The summed E-state index contributed by atoms with van der Waals surface area (Å²) in [6, 6.07) is 21.9. The lowest BCUT2D eigenvalue weighted by Crippen LogP contribution is -2.49. The monoisotopic (exact) mass is 451 g/mol. The molecule has 0 aliphatic carbocycles. The van der Waals surface area contributed by atoms with Crippen LogP contribution in [0.15, 0.2) is 67.3 Å². The molecule has 0 fully saturated rings. The number of aromatic nitrogens is 3. The maximum absolute atomic E-state index is 7.03. The Morgan fingerprint density at radius 2 is 1.47 bits per heavy atom. The van der Waals surface area contributed by atoms with Gasteiger partial charge in [-0.1, -0.05) is 84.0 Å². The van der Waals surface area contributed by atoms with Crippen LogP contribution >= 0.6 is 0 Å². The average Bonchev–Trinajstić information content (AvgIpc) is 3.34. The van der Waals surface area contributed by atoms with Crippen molar-refractivity contribution in [2.75, 3.05) is 0 Å². The van der Waals surface area contributed by atoms with Gasteiger partial charge in [-0.15, -0.1) is 0 Å². The second kappa shape index (κ2) is 10.4. The van der Waals surface area contributed by atoms with Gasteiger partial charge >= 0.3 is 0 Å². The lowest BCUT2D eigenvalue weighted by atomic mass is 9.88. The van der Waals surface area contributed by atoms with E-state index in [1.807, 2.05) is 18.2 Å². The first-order valence-corrected chi connectivity index (χ1v) is 14.2. The van der Waals surface area contributed by atoms with Crippen LogP contribution in [0.25, 0.3) is 11.1 Å². The Kier molecular flexibility index (Phi) is 7.90. The lowest BCUT2D eigenvalue weighted by Gasteiger charge is -2.42. The largest absolute Gasteiger partial charge is 0.466 e. The van der Waals surface area contributed by atoms with Crippen molar-refractivity contribution in [3.8, 4) is 16.9 Å². The predicted octanol–water partition coefficient (Wildman–Crippen LogP) is 6.96. The summed E-state index contributed by atoms with van der Waals surface area (Å²) < 4.78 is 15.4. The maximum Gasteiger partial charge on any atom is 0.218 e. The van der Waals surface area contributed by atoms with Gasteiger partial charge in [-0.05, 0) is 46.8 Å². The highest BCUT2D eigenvalue weighted by Crippen LogP contribution is 2.37. The van der Waals surface area contributed by atoms with Gasteiger partial charge in [0.05, 0.1) is 0 Å². The van der Waals surface area contributed by atoms with Crippen LogP contribution in [-0.4, -0.2) is 29.2 Å². The van der Waals surface area contributed by atoms with E-state index >= 15 is 0 Å². The summed E-state index contributed by atoms with van der Waals surface area (Å²) in [5, 5.41) is 4.44. The molecular weight excluding hydrogens is 414 g/mol. The van der Waals surface area contributed by atoms with Crippen molar-refractivity contribution in [2.24, 2.45) is 5.41 Å². The molecule has 3 rings (SSSR count). The molecule has 2 aromatic carbocycles. The summed E-state index contributed by atoms with van der Waals surface area (Å²) in [5.74, 6) is 0.791. The third-order valence-corrected chi connectivity index (χ3v) is 11.0. The van der Waals surface area contributed by atoms with E-state index in [2.05, 4.69) is 88.0 Å². The van der Waals surface area contributed by atoms with Gasteiger partial charge in [0.25, 0.3) is 0 Å². The number of rotatable bonds is 10. The molecule has 172 valence electrons. The SMILES string of the molecule is CC[Si](CC)(CC)OC(C(Oc1ccc(-c2ccccc2)cc1)n1cncn1)C(C)(C)C. The molecule has 6 heteroatoms. The molecule has 0 bridgehead atoms. The smallest absolute Gasteiger partial charge is 0.218 e. The van der Waals surface area contributed by atoms with E-state index in [-0.39, 0.29) is 11.5 Å². The molecule has 0 saturated heterocycles. The van der Waals surface area contributed by atoms with Gasteiger partial charge < -0.3 is 9.16 Å². The van der Waals surface area contributed by atoms with Gasteiger partial charge in [0.1, 0.15) is 24.5 Å². The van der Waals surface area contributed by atoms with E-state index in [9.17, 15) is 0 Å². The summed E-state index contributed by atoms with van der Waals surface area (Å²) in [6.45, 7) is 13.4. The molecule has 2 unspecified atom stereocenters. The first-order chi connectivity index (χ1) is 15.3. The van der Waals surface area contributed by atoms with Crippen LogP contribution in [0.1, 0.15) is 47.8 Å². The molecule has 0 N–H and O–H groups in total. The van der Waals surface area contributed by atoms with Crippen molar-refractivity contribution in [2.45, 2.75) is 72.0 Å². The van der Waals surface area contributed by atoms with Crippen LogP contribution in [-0.2, 0) is 4.43 Å². The number of ether oxygens (including phenoxy) is 1. The predicted molar refractivity (Wildman–Crippen MR) is 133 cm³/mol. The van der Waals surface area contributed by atoms with Gasteiger partial charge in [-0.25, -0.2) is 9.67 Å². The van der Waals surface area contributed by atoms with Crippen molar-refractivity contribution in [1.29, 1.82) is 0 Å². The molecule has 0 saturated carbocycles. The second-order valence-electron chi connectivity index (χ2n) is 9.42. The van der Waals surface area contributed by atoms with Crippen LogP contribution in [0.3, 0.4) is 0 Å². The van der Waals surface area contributed by atoms with Crippen LogP contribution in [0.5, 0.6) is 5.75 Å². The molecule has 0 aliphatic heterocycles. The van der Waals surface area contributed by atoms with Crippen LogP contribution in [0, 0.1) is 5.41 Å². The van der Waals surface area contributed by atoms with Crippen molar-refractivity contribution in [3.05, 3.63) is 67.3 Å². The van der Waals surface area contributed by atoms with Crippen LogP contribution in [0.2, 0.25) is 18.1 Å². The Morgan fingerprint density at radius 3 is 1.97 bits per heavy atom. The van der Waals surface area contributed by atoms with Crippen molar-refractivity contribution >= 4 is 8.32 Å². The molecule has 0 aliphatic rings. The number of hydrogen-bond donors (Lipinski definition) is 0. The number of nitrogens with zero attached hydrogens (tertiary/aromatic N) is 3. The van der Waals surface area contributed by atoms with E-state index < -0.39 is 14.5 Å². The summed E-state index contributed by atoms with van der Waals surface area (Å²) in [7, 11) is -1.88. The average molecular weight is 452 g/mol. The fourth-order valence-corrected chi connectivity index (χ4v) is 7.04. The molecule has 0 radical (unpaired) electrons.